The lowest BCUT2D eigenvalue weighted by molar-refractivity contribution is 0.499. The Morgan fingerprint density at radius 1 is 0.714 bits per heavy atom. The van der Waals surface area contributed by atoms with Gasteiger partial charge >= 0.3 is 0 Å². The summed E-state index contributed by atoms with van der Waals surface area (Å²) in [6, 6.07) is 33.7. The van der Waals surface area contributed by atoms with E-state index >= 15 is 4.39 Å². The molecule has 1 aliphatic rings. The van der Waals surface area contributed by atoms with Crippen LogP contribution in [0.5, 0.6) is 0 Å². The first-order chi connectivity index (χ1) is 17.2. The molecule has 0 heterocycles. The molecule has 0 saturated carbocycles. The van der Waals surface area contributed by atoms with E-state index in [1.165, 1.54) is 28.0 Å². The normalized spacial score (nSPS) is 14.4. The summed E-state index contributed by atoms with van der Waals surface area (Å²) in [6.45, 7) is 0. The molecule has 0 saturated heterocycles. The third-order valence-corrected chi connectivity index (χ3v) is 7.00. The first-order valence-electron chi connectivity index (χ1n) is 12.0. The number of hydrogen-bond acceptors (Lipinski definition) is 1. The van der Waals surface area contributed by atoms with Gasteiger partial charge in [-0.2, -0.15) is 0 Å². The van der Waals surface area contributed by atoms with Crippen LogP contribution >= 0.6 is 0 Å². The standard InChI is InChI=1S/C32H25F2N/c33-28-19-25(17-21-9-3-1-4-10-21)32(27(31(28)34)18-22-11-5-2-6-12-22)35-29-20-24-15-7-13-23-14-8-16-26(29)30(23)24/h1-16,19,29,35H,17-18,20H2. The van der Waals surface area contributed by atoms with Gasteiger partial charge in [0, 0.05) is 17.7 Å². The van der Waals surface area contributed by atoms with E-state index in [0.717, 1.165) is 23.1 Å². The molecule has 0 aromatic heterocycles. The molecular weight excluding hydrogens is 436 g/mol. The van der Waals surface area contributed by atoms with Crippen LogP contribution in [0, 0.1) is 11.6 Å². The van der Waals surface area contributed by atoms with E-state index in [4.69, 9.17) is 0 Å². The van der Waals surface area contributed by atoms with Gasteiger partial charge in [-0.05, 0) is 57.5 Å². The van der Waals surface area contributed by atoms with E-state index in [9.17, 15) is 4.39 Å². The van der Waals surface area contributed by atoms with Crippen molar-refractivity contribution < 1.29 is 8.78 Å². The molecule has 1 aliphatic carbocycles. The van der Waals surface area contributed by atoms with Crippen LogP contribution in [0.2, 0.25) is 0 Å². The molecule has 0 bridgehead atoms. The number of halogens is 2. The zero-order chi connectivity index (χ0) is 23.8. The van der Waals surface area contributed by atoms with Crippen molar-refractivity contribution in [2.24, 2.45) is 0 Å². The zero-order valence-corrected chi connectivity index (χ0v) is 19.3. The van der Waals surface area contributed by atoms with Gasteiger partial charge in [-0.15, -0.1) is 0 Å². The summed E-state index contributed by atoms with van der Waals surface area (Å²) in [5.74, 6) is -1.58. The molecule has 0 amide bonds. The summed E-state index contributed by atoms with van der Waals surface area (Å²) in [7, 11) is 0. The van der Waals surface area contributed by atoms with Crippen LogP contribution in [0.25, 0.3) is 10.8 Å². The number of hydrogen-bond donors (Lipinski definition) is 1. The van der Waals surface area contributed by atoms with Crippen molar-refractivity contribution in [2.45, 2.75) is 25.3 Å². The molecule has 0 aliphatic heterocycles. The lowest BCUT2D eigenvalue weighted by Crippen LogP contribution is -2.15. The molecule has 5 aromatic carbocycles. The van der Waals surface area contributed by atoms with E-state index in [1.807, 2.05) is 60.7 Å². The first-order valence-corrected chi connectivity index (χ1v) is 12.0. The van der Waals surface area contributed by atoms with E-state index in [1.54, 1.807) is 0 Å². The van der Waals surface area contributed by atoms with Crippen LogP contribution in [-0.2, 0) is 19.3 Å². The van der Waals surface area contributed by atoms with Crippen LogP contribution in [0.1, 0.15) is 39.4 Å². The van der Waals surface area contributed by atoms with Gasteiger partial charge < -0.3 is 5.32 Å². The fourth-order valence-electron chi connectivity index (χ4n) is 5.38. The van der Waals surface area contributed by atoms with Gasteiger partial charge in [0.25, 0.3) is 0 Å². The molecule has 6 rings (SSSR count). The van der Waals surface area contributed by atoms with E-state index in [-0.39, 0.29) is 6.04 Å². The van der Waals surface area contributed by atoms with Crippen molar-refractivity contribution in [3.63, 3.8) is 0 Å². The number of rotatable bonds is 6. The summed E-state index contributed by atoms with van der Waals surface area (Å²) < 4.78 is 30.4. The molecule has 1 atom stereocenters. The number of nitrogens with one attached hydrogen (secondary N) is 1. The molecule has 5 aromatic rings. The topological polar surface area (TPSA) is 12.0 Å². The summed E-state index contributed by atoms with van der Waals surface area (Å²) in [6.07, 6.45) is 1.65. The molecule has 0 radical (unpaired) electrons. The SMILES string of the molecule is Fc1cc(Cc2ccccc2)c(NC2Cc3cccc4cccc2c34)c(Cc2ccccc2)c1F. The van der Waals surface area contributed by atoms with Crippen molar-refractivity contribution in [3.8, 4) is 0 Å². The van der Waals surface area contributed by atoms with Gasteiger partial charge in [-0.3, -0.25) is 0 Å². The monoisotopic (exact) mass is 461 g/mol. The Bertz CT molecular complexity index is 1500. The summed E-state index contributed by atoms with van der Waals surface area (Å²) in [5.41, 5.74) is 6.35. The summed E-state index contributed by atoms with van der Waals surface area (Å²) in [4.78, 5) is 0. The predicted molar refractivity (Wildman–Crippen MR) is 139 cm³/mol. The van der Waals surface area contributed by atoms with Crippen molar-refractivity contribution in [1.29, 1.82) is 0 Å². The number of anilines is 1. The fourth-order valence-corrected chi connectivity index (χ4v) is 5.38. The minimum Gasteiger partial charge on any atom is -0.377 e. The predicted octanol–water partition coefficient (Wildman–Crippen LogP) is 8.01. The highest BCUT2D eigenvalue weighted by Crippen LogP contribution is 2.41. The second-order valence-electron chi connectivity index (χ2n) is 9.27. The van der Waals surface area contributed by atoms with Gasteiger partial charge in [-0.25, -0.2) is 8.78 Å². The third kappa shape index (κ3) is 4.08. The van der Waals surface area contributed by atoms with Gasteiger partial charge in [0.15, 0.2) is 11.6 Å². The van der Waals surface area contributed by atoms with E-state index < -0.39 is 11.6 Å². The van der Waals surface area contributed by atoms with Gasteiger partial charge in [0.2, 0.25) is 0 Å². The molecule has 1 unspecified atom stereocenters. The Balaban J connectivity index is 1.47. The molecule has 0 spiro atoms. The Hall–Kier alpha value is -3.98. The second kappa shape index (κ2) is 8.99. The molecule has 1 N–H and O–H groups in total. The molecule has 35 heavy (non-hydrogen) atoms. The van der Waals surface area contributed by atoms with Gasteiger partial charge in [0.1, 0.15) is 0 Å². The van der Waals surface area contributed by atoms with Crippen molar-refractivity contribution in [1.82, 2.24) is 0 Å². The molecule has 1 nitrogen and oxygen atoms in total. The van der Waals surface area contributed by atoms with Crippen molar-refractivity contribution in [2.75, 3.05) is 5.32 Å². The molecule has 3 heteroatoms. The highest BCUT2D eigenvalue weighted by Gasteiger charge is 2.27. The van der Waals surface area contributed by atoms with Crippen LogP contribution < -0.4 is 5.32 Å². The van der Waals surface area contributed by atoms with Gasteiger partial charge in [-0.1, -0.05) is 97.1 Å². The fraction of sp³-hybridized carbons (Fsp3) is 0.125. The maximum absolute atomic E-state index is 15.4. The molecule has 172 valence electrons. The first kappa shape index (κ1) is 21.5. The van der Waals surface area contributed by atoms with Crippen molar-refractivity contribution >= 4 is 16.5 Å². The van der Waals surface area contributed by atoms with E-state index in [0.29, 0.717) is 24.1 Å². The largest absolute Gasteiger partial charge is 0.377 e. The second-order valence-corrected chi connectivity index (χ2v) is 9.27. The zero-order valence-electron chi connectivity index (χ0n) is 19.3. The number of benzene rings is 5. The molecule has 0 fully saturated rings. The minimum absolute atomic E-state index is 0.00925. The van der Waals surface area contributed by atoms with Crippen LogP contribution in [-0.4, -0.2) is 0 Å². The Labute approximate surface area is 204 Å². The highest BCUT2D eigenvalue weighted by molar-refractivity contribution is 5.92. The van der Waals surface area contributed by atoms with Crippen LogP contribution in [0.3, 0.4) is 0 Å². The Morgan fingerprint density at radius 2 is 1.37 bits per heavy atom. The minimum atomic E-state index is -0.802. The molecular formula is C32H25F2N. The maximum atomic E-state index is 15.4. The lowest BCUT2D eigenvalue weighted by atomic mass is 9.94. The summed E-state index contributed by atoms with van der Waals surface area (Å²) >= 11 is 0. The lowest BCUT2D eigenvalue weighted by Gasteiger charge is -2.23. The van der Waals surface area contributed by atoms with Crippen LogP contribution in [0.15, 0.2) is 103 Å². The van der Waals surface area contributed by atoms with Crippen molar-refractivity contribution in [3.05, 3.63) is 148 Å². The Morgan fingerprint density at radius 3 is 2.09 bits per heavy atom. The maximum Gasteiger partial charge on any atom is 0.164 e. The van der Waals surface area contributed by atoms with E-state index in [2.05, 4.69) is 41.7 Å². The average Bonchev–Trinajstić information content (AvgIpc) is 3.25. The Kier molecular flexibility index (Phi) is 5.54. The van der Waals surface area contributed by atoms with Crippen LogP contribution in [0.4, 0.5) is 14.5 Å². The summed E-state index contributed by atoms with van der Waals surface area (Å²) in [5, 5.41) is 6.17. The quantitative estimate of drug-likeness (QED) is 0.270. The highest BCUT2D eigenvalue weighted by atomic mass is 19.2. The third-order valence-electron chi connectivity index (χ3n) is 7.00. The van der Waals surface area contributed by atoms with Gasteiger partial charge in [0.05, 0.1) is 6.04 Å². The smallest absolute Gasteiger partial charge is 0.164 e. The average molecular weight is 462 g/mol.